The van der Waals surface area contributed by atoms with Gasteiger partial charge in [-0.25, -0.2) is 4.98 Å². The second-order valence-electron chi connectivity index (χ2n) is 7.99. The molecule has 3 aromatic carbocycles. The summed E-state index contributed by atoms with van der Waals surface area (Å²) in [5, 5.41) is 3.89. The highest BCUT2D eigenvalue weighted by Gasteiger charge is 2.18. The van der Waals surface area contributed by atoms with E-state index in [9.17, 15) is 4.79 Å². The van der Waals surface area contributed by atoms with Gasteiger partial charge in [0.15, 0.2) is 6.61 Å². The lowest BCUT2D eigenvalue weighted by atomic mass is 10.00. The van der Waals surface area contributed by atoms with Gasteiger partial charge < -0.3 is 15.0 Å². The SMILES string of the molecule is O=C(COc1cccc2ccc(N3CCc4ccccc4C3)nc12)NCc1ccccc1. The second-order valence-corrected chi connectivity index (χ2v) is 7.99. The van der Waals surface area contributed by atoms with Crippen molar-refractivity contribution in [1.82, 2.24) is 10.3 Å². The number of fused-ring (bicyclic) bond motifs is 2. The number of anilines is 1. The van der Waals surface area contributed by atoms with E-state index < -0.39 is 0 Å². The quantitative estimate of drug-likeness (QED) is 0.496. The van der Waals surface area contributed by atoms with Crippen molar-refractivity contribution < 1.29 is 9.53 Å². The molecule has 32 heavy (non-hydrogen) atoms. The van der Waals surface area contributed by atoms with Crippen molar-refractivity contribution in [2.24, 2.45) is 0 Å². The number of amides is 1. The van der Waals surface area contributed by atoms with Crippen LogP contribution in [0.2, 0.25) is 0 Å². The first-order valence-corrected chi connectivity index (χ1v) is 10.9. The highest BCUT2D eigenvalue weighted by atomic mass is 16.5. The van der Waals surface area contributed by atoms with Crippen molar-refractivity contribution in [2.75, 3.05) is 18.1 Å². The number of pyridine rings is 1. The first-order valence-electron chi connectivity index (χ1n) is 10.9. The molecule has 1 N–H and O–H groups in total. The fourth-order valence-electron chi connectivity index (χ4n) is 4.08. The molecule has 5 nitrogen and oxygen atoms in total. The van der Waals surface area contributed by atoms with Gasteiger partial charge in [-0.15, -0.1) is 0 Å². The molecule has 0 saturated carbocycles. The van der Waals surface area contributed by atoms with Crippen LogP contribution in [0.5, 0.6) is 5.75 Å². The molecule has 1 aliphatic rings. The van der Waals surface area contributed by atoms with Gasteiger partial charge in [0, 0.05) is 25.0 Å². The summed E-state index contributed by atoms with van der Waals surface area (Å²) >= 11 is 0. The van der Waals surface area contributed by atoms with Crippen molar-refractivity contribution in [3.63, 3.8) is 0 Å². The van der Waals surface area contributed by atoms with E-state index in [0.29, 0.717) is 12.3 Å². The lowest BCUT2D eigenvalue weighted by Gasteiger charge is -2.30. The molecule has 0 atom stereocenters. The number of aromatic nitrogens is 1. The molecule has 0 bridgehead atoms. The minimum atomic E-state index is -0.158. The first-order chi connectivity index (χ1) is 15.8. The number of hydrogen-bond donors (Lipinski definition) is 1. The zero-order valence-electron chi connectivity index (χ0n) is 17.8. The van der Waals surface area contributed by atoms with E-state index in [1.807, 2.05) is 48.5 Å². The van der Waals surface area contributed by atoms with Crippen LogP contribution in [-0.4, -0.2) is 24.0 Å². The van der Waals surface area contributed by atoms with E-state index in [1.165, 1.54) is 11.1 Å². The standard InChI is InChI=1S/C27H25N3O2/c31-26(28-17-20-7-2-1-3-8-20)19-32-24-12-6-11-22-13-14-25(29-27(22)24)30-16-15-21-9-4-5-10-23(21)18-30/h1-14H,15-19H2,(H,28,31). The molecule has 5 rings (SSSR count). The minimum absolute atomic E-state index is 0.0467. The van der Waals surface area contributed by atoms with E-state index in [1.54, 1.807) is 0 Å². The van der Waals surface area contributed by atoms with Crippen LogP contribution >= 0.6 is 0 Å². The molecular weight excluding hydrogens is 398 g/mol. The van der Waals surface area contributed by atoms with Gasteiger partial charge in [-0.3, -0.25) is 4.79 Å². The Hall–Kier alpha value is -3.86. The molecule has 0 unspecified atom stereocenters. The zero-order chi connectivity index (χ0) is 21.8. The van der Waals surface area contributed by atoms with Gasteiger partial charge in [-0.05, 0) is 41.3 Å². The predicted molar refractivity (Wildman–Crippen MR) is 127 cm³/mol. The van der Waals surface area contributed by atoms with Crippen LogP contribution in [-0.2, 0) is 24.3 Å². The Kier molecular flexibility index (Phi) is 5.71. The van der Waals surface area contributed by atoms with Gasteiger partial charge >= 0.3 is 0 Å². The molecule has 0 fully saturated rings. The Bertz CT molecular complexity index is 1240. The molecule has 0 radical (unpaired) electrons. The number of nitrogens with one attached hydrogen (secondary N) is 1. The highest BCUT2D eigenvalue weighted by Crippen LogP contribution is 2.29. The Morgan fingerprint density at radius 3 is 2.59 bits per heavy atom. The van der Waals surface area contributed by atoms with Crippen molar-refractivity contribution in [3.8, 4) is 5.75 Å². The van der Waals surface area contributed by atoms with Crippen LogP contribution in [0.3, 0.4) is 0 Å². The monoisotopic (exact) mass is 423 g/mol. The average molecular weight is 424 g/mol. The Morgan fingerprint density at radius 1 is 0.906 bits per heavy atom. The Morgan fingerprint density at radius 2 is 1.72 bits per heavy atom. The third-order valence-corrected chi connectivity index (χ3v) is 5.81. The molecular formula is C27H25N3O2. The van der Waals surface area contributed by atoms with E-state index in [2.05, 4.69) is 46.6 Å². The summed E-state index contributed by atoms with van der Waals surface area (Å²) in [6.45, 7) is 2.21. The molecule has 1 amide bonds. The largest absolute Gasteiger partial charge is 0.481 e. The van der Waals surface area contributed by atoms with Crippen molar-refractivity contribution in [3.05, 3.63) is 102 Å². The highest BCUT2D eigenvalue weighted by molar-refractivity contribution is 5.86. The van der Waals surface area contributed by atoms with Crippen LogP contribution in [0.1, 0.15) is 16.7 Å². The van der Waals surface area contributed by atoms with Gasteiger partial charge in [0.05, 0.1) is 0 Å². The number of rotatable bonds is 6. The van der Waals surface area contributed by atoms with Gasteiger partial charge in [-0.2, -0.15) is 0 Å². The fourth-order valence-corrected chi connectivity index (χ4v) is 4.08. The molecule has 0 saturated heterocycles. The van der Waals surface area contributed by atoms with E-state index >= 15 is 0 Å². The van der Waals surface area contributed by atoms with Gasteiger partial charge in [0.25, 0.3) is 5.91 Å². The lowest BCUT2D eigenvalue weighted by Crippen LogP contribution is -2.31. The molecule has 5 heteroatoms. The van der Waals surface area contributed by atoms with Gasteiger partial charge in [0.2, 0.25) is 0 Å². The van der Waals surface area contributed by atoms with E-state index in [0.717, 1.165) is 41.8 Å². The third-order valence-electron chi connectivity index (χ3n) is 5.81. The number of para-hydroxylation sites is 1. The Balaban J connectivity index is 1.29. The summed E-state index contributed by atoms with van der Waals surface area (Å²) in [5.74, 6) is 1.39. The zero-order valence-corrected chi connectivity index (χ0v) is 17.8. The average Bonchev–Trinajstić information content (AvgIpc) is 2.86. The van der Waals surface area contributed by atoms with Crippen LogP contribution in [0.15, 0.2) is 84.9 Å². The number of ether oxygens (including phenoxy) is 1. The van der Waals surface area contributed by atoms with Crippen LogP contribution < -0.4 is 15.0 Å². The van der Waals surface area contributed by atoms with Crippen LogP contribution in [0.25, 0.3) is 10.9 Å². The molecule has 0 aliphatic carbocycles. The summed E-state index contributed by atoms with van der Waals surface area (Å²) in [5.41, 5.74) is 4.59. The maximum atomic E-state index is 12.3. The lowest BCUT2D eigenvalue weighted by molar-refractivity contribution is -0.123. The van der Waals surface area contributed by atoms with Crippen molar-refractivity contribution in [1.29, 1.82) is 0 Å². The maximum absolute atomic E-state index is 12.3. The van der Waals surface area contributed by atoms with Crippen molar-refractivity contribution in [2.45, 2.75) is 19.5 Å². The fraction of sp³-hybridized carbons (Fsp3) is 0.185. The van der Waals surface area contributed by atoms with Gasteiger partial charge in [-0.1, -0.05) is 66.7 Å². The van der Waals surface area contributed by atoms with Crippen LogP contribution in [0, 0.1) is 0 Å². The molecule has 160 valence electrons. The molecule has 1 aromatic heterocycles. The number of carbonyl (C=O) groups is 1. The molecule has 1 aliphatic heterocycles. The van der Waals surface area contributed by atoms with Gasteiger partial charge in [0.1, 0.15) is 17.1 Å². The normalized spacial score (nSPS) is 12.9. The third kappa shape index (κ3) is 4.42. The topological polar surface area (TPSA) is 54.5 Å². The van der Waals surface area contributed by atoms with Crippen LogP contribution in [0.4, 0.5) is 5.82 Å². The molecule has 4 aromatic rings. The van der Waals surface area contributed by atoms with Crippen molar-refractivity contribution >= 4 is 22.6 Å². The van der Waals surface area contributed by atoms with E-state index in [-0.39, 0.29) is 12.5 Å². The number of carbonyl (C=O) groups excluding carboxylic acids is 1. The second kappa shape index (κ2) is 9.10. The molecule has 0 spiro atoms. The smallest absolute Gasteiger partial charge is 0.258 e. The molecule has 2 heterocycles. The first kappa shape index (κ1) is 20.1. The number of nitrogens with zero attached hydrogens (tertiary/aromatic N) is 2. The minimum Gasteiger partial charge on any atom is -0.481 e. The summed E-state index contributed by atoms with van der Waals surface area (Å²) < 4.78 is 5.88. The number of benzene rings is 3. The summed E-state index contributed by atoms with van der Waals surface area (Å²) in [6, 6.07) is 28.4. The Labute approximate surface area is 187 Å². The maximum Gasteiger partial charge on any atom is 0.258 e. The summed E-state index contributed by atoms with van der Waals surface area (Å²) in [4.78, 5) is 19.5. The summed E-state index contributed by atoms with van der Waals surface area (Å²) in [7, 11) is 0. The summed E-state index contributed by atoms with van der Waals surface area (Å²) in [6.07, 6.45) is 1.01. The predicted octanol–water partition coefficient (Wildman–Crippen LogP) is 4.49. The van der Waals surface area contributed by atoms with E-state index in [4.69, 9.17) is 9.72 Å². The number of hydrogen-bond acceptors (Lipinski definition) is 4.